The molecule has 1 aromatic carbocycles. The van der Waals surface area contributed by atoms with Crippen molar-refractivity contribution in [2.45, 2.75) is 44.0 Å². The van der Waals surface area contributed by atoms with Crippen LogP contribution in [0.4, 0.5) is 8.78 Å². The average Bonchev–Trinajstić information content (AvgIpc) is 2.40. The van der Waals surface area contributed by atoms with Gasteiger partial charge in [-0.25, -0.2) is 26.7 Å². The van der Waals surface area contributed by atoms with E-state index < -0.39 is 43.6 Å². The van der Waals surface area contributed by atoms with Crippen LogP contribution in [0.5, 0.6) is 0 Å². The molecule has 0 unspecified atom stereocenters. The topological polar surface area (TPSA) is 83.5 Å². The lowest BCUT2D eigenvalue weighted by Crippen LogP contribution is -2.45. The normalized spacial score (nSPS) is 12.4. The van der Waals surface area contributed by atoms with Crippen molar-refractivity contribution in [2.75, 3.05) is 0 Å². The first-order valence-electron chi connectivity index (χ1n) is 6.32. The van der Waals surface area contributed by atoms with Crippen LogP contribution >= 0.6 is 0 Å². The molecule has 0 radical (unpaired) electrons. The summed E-state index contributed by atoms with van der Waals surface area (Å²) < 4.78 is 53.8. The van der Waals surface area contributed by atoms with Gasteiger partial charge in [-0.1, -0.05) is 13.8 Å². The lowest BCUT2D eigenvalue weighted by molar-refractivity contribution is 0.0696. The van der Waals surface area contributed by atoms with Gasteiger partial charge in [0.25, 0.3) is 0 Å². The van der Waals surface area contributed by atoms with Crippen LogP contribution in [0.1, 0.15) is 44.0 Å². The first-order valence-corrected chi connectivity index (χ1v) is 7.81. The molecule has 0 spiro atoms. The van der Waals surface area contributed by atoms with Crippen LogP contribution in [0.15, 0.2) is 17.0 Å². The smallest absolute Gasteiger partial charge is 0.335 e. The van der Waals surface area contributed by atoms with Crippen LogP contribution in [-0.2, 0) is 10.0 Å². The highest BCUT2D eigenvalue weighted by molar-refractivity contribution is 7.89. The summed E-state index contributed by atoms with van der Waals surface area (Å²) >= 11 is 0. The van der Waals surface area contributed by atoms with Gasteiger partial charge in [0.1, 0.15) is 4.90 Å². The lowest BCUT2D eigenvalue weighted by Gasteiger charge is -2.27. The number of carboxylic acid groups (broad SMARTS) is 1. The first kappa shape index (κ1) is 17.5. The van der Waals surface area contributed by atoms with Crippen molar-refractivity contribution >= 4 is 16.0 Å². The van der Waals surface area contributed by atoms with Crippen molar-refractivity contribution in [3.05, 3.63) is 29.3 Å². The monoisotopic (exact) mass is 321 g/mol. The zero-order valence-corrected chi connectivity index (χ0v) is 12.7. The van der Waals surface area contributed by atoms with E-state index in [-0.39, 0.29) is 0 Å². The van der Waals surface area contributed by atoms with E-state index in [4.69, 9.17) is 5.11 Å². The van der Waals surface area contributed by atoms with Gasteiger partial charge in [-0.05, 0) is 31.9 Å². The van der Waals surface area contributed by atoms with Gasteiger partial charge in [0.05, 0.1) is 5.56 Å². The molecule has 0 aliphatic heterocycles. The second kappa shape index (κ2) is 6.07. The van der Waals surface area contributed by atoms with Gasteiger partial charge >= 0.3 is 5.97 Å². The summed E-state index contributed by atoms with van der Waals surface area (Å²) in [6.45, 7) is 5.12. The van der Waals surface area contributed by atoms with Gasteiger partial charge in [0.15, 0.2) is 11.6 Å². The first-order chi connectivity index (χ1) is 9.56. The van der Waals surface area contributed by atoms with Crippen molar-refractivity contribution in [1.29, 1.82) is 0 Å². The van der Waals surface area contributed by atoms with Crippen molar-refractivity contribution in [3.8, 4) is 0 Å². The highest BCUT2D eigenvalue weighted by Crippen LogP contribution is 2.23. The van der Waals surface area contributed by atoms with Gasteiger partial charge < -0.3 is 5.11 Å². The fourth-order valence-electron chi connectivity index (χ4n) is 1.66. The number of benzene rings is 1. The Balaban J connectivity index is 3.41. The Morgan fingerprint density at radius 3 is 2.24 bits per heavy atom. The molecule has 0 aliphatic rings. The van der Waals surface area contributed by atoms with Crippen LogP contribution in [0.25, 0.3) is 0 Å². The molecule has 0 aliphatic carbocycles. The molecule has 1 rings (SSSR count). The van der Waals surface area contributed by atoms with Gasteiger partial charge in [-0.2, -0.15) is 0 Å². The van der Waals surface area contributed by atoms with E-state index in [1.165, 1.54) is 0 Å². The fourth-order valence-corrected chi connectivity index (χ4v) is 3.32. The zero-order valence-electron chi connectivity index (χ0n) is 11.9. The van der Waals surface area contributed by atoms with E-state index in [0.29, 0.717) is 25.0 Å². The second-order valence-electron chi connectivity index (χ2n) is 4.95. The van der Waals surface area contributed by atoms with Crippen LogP contribution in [0, 0.1) is 11.6 Å². The molecule has 21 heavy (non-hydrogen) atoms. The molecule has 118 valence electrons. The van der Waals surface area contributed by atoms with Gasteiger partial charge in [0, 0.05) is 5.54 Å². The Labute approximate surface area is 122 Å². The second-order valence-corrected chi connectivity index (χ2v) is 6.60. The van der Waals surface area contributed by atoms with Gasteiger partial charge in [-0.3, -0.25) is 0 Å². The molecule has 2 N–H and O–H groups in total. The Bertz CT molecular complexity index is 654. The summed E-state index contributed by atoms with van der Waals surface area (Å²) in [5.41, 5.74) is -1.47. The van der Waals surface area contributed by atoms with Crippen LogP contribution in [-0.4, -0.2) is 25.0 Å². The molecule has 5 nitrogen and oxygen atoms in total. The summed E-state index contributed by atoms with van der Waals surface area (Å²) in [6, 6.07) is 1.05. The SMILES string of the molecule is CCC(C)(CC)NS(=O)(=O)c1cc(C(=O)O)cc(F)c1F. The quantitative estimate of drug-likeness (QED) is 0.843. The van der Waals surface area contributed by atoms with E-state index in [1.807, 2.05) is 0 Å². The summed E-state index contributed by atoms with van der Waals surface area (Å²) in [7, 11) is -4.38. The van der Waals surface area contributed by atoms with E-state index in [0.717, 1.165) is 0 Å². The minimum absolute atomic E-state index is 0.436. The van der Waals surface area contributed by atoms with Crippen molar-refractivity contribution in [3.63, 3.8) is 0 Å². The molecule has 1 aromatic rings. The van der Waals surface area contributed by atoms with E-state index in [9.17, 15) is 22.0 Å². The molecular weight excluding hydrogens is 304 g/mol. The predicted molar refractivity (Wildman–Crippen MR) is 72.6 cm³/mol. The molecule has 0 fully saturated rings. The molecule has 8 heteroatoms. The maximum absolute atomic E-state index is 13.7. The minimum atomic E-state index is -4.38. The maximum Gasteiger partial charge on any atom is 0.335 e. The lowest BCUT2D eigenvalue weighted by atomic mass is 9.98. The van der Waals surface area contributed by atoms with Crippen LogP contribution in [0.2, 0.25) is 0 Å². The van der Waals surface area contributed by atoms with Crippen molar-refractivity contribution in [2.24, 2.45) is 0 Å². The van der Waals surface area contributed by atoms with Gasteiger partial charge in [0.2, 0.25) is 10.0 Å². The Morgan fingerprint density at radius 1 is 1.29 bits per heavy atom. The number of rotatable bonds is 6. The largest absolute Gasteiger partial charge is 0.478 e. The van der Waals surface area contributed by atoms with E-state index in [1.54, 1.807) is 20.8 Å². The van der Waals surface area contributed by atoms with E-state index in [2.05, 4.69) is 4.72 Å². The summed E-state index contributed by atoms with van der Waals surface area (Å²) in [5.74, 6) is -4.66. The third kappa shape index (κ3) is 3.76. The van der Waals surface area contributed by atoms with E-state index >= 15 is 0 Å². The number of aromatic carboxylic acids is 1. The highest BCUT2D eigenvalue weighted by Gasteiger charge is 2.31. The molecule has 0 atom stereocenters. The highest BCUT2D eigenvalue weighted by atomic mass is 32.2. The van der Waals surface area contributed by atoms with Crippen molar-refractivity contribution < 1.29 is 27.1 Å². The Kier molecular flexibility index (Phi) is 5.06. The molecule has 0 saturated heterocycles. The molecule has 0 amide bonds. The molecular formula is C13H17F2NO4S. The van der Waals surface area contributed by atoms with Crippen LogP contribution in [0.3, 0.4) is 0 Å². The standard InChI is InChI=1S/C13H17F2NO4S/c1-4-13(3,5-2)16-21(19,20)10-7-8(12(17)18)6-9(14)11(10)15/h6-7,16H,4-5H2,1-3H3,(H,17,18). The molecule has 0 saturated carbocycles. The number of hydrogen-bond acceptors (Lipinski definition) is 3. The average molecular weight is 321 g/mol. The number of carbonyl (C=O) groups is 1. The molecule has 0 bridgehead atoms. The third-order valence-corrected chi connectivity index (χ3v) is 5.11. The third-order valence-electron chi connectivity index (χ3n) is 3.47. The minimum Gasteiger partial charge on any atom is -0.478 e. The zero-order chi connectivity index (χ0) is 16.4. The summed E-state index contributed by atoms with van der Waals surface area (Å²) in [5, 5.41) is 8.81. The maximum atomic E-state index is 13.7. The molecule has 0 heterocycles. The molecule has 0 aromatic heterocycles. The number of sulfonamides is 1. The predicted octanol–water partition coefficient (Wildman–Crippen LogP) is 2.52. The summed E-state index contributed by atoms with van der Waals surface area (Å²) in [4.78, 5) is 9.83. The van der Waals surface area contributed by atoms with Gasteiger partial charge in [-0.15, -0.1) is 0 Å². The number of hydrogen-bond donors (Lipinski definition) is 2. The fraction of sp³-hybridized carbons (Fsp3) is 0.462. The number of halogens is 2. The number of carboxylic acids is 1. The Hall–Kier alpha value is -1.54. The number of nitrogens with one attached hydrogen (secondary N) is 1. The summed E-state index contributed by atoms with van der Waals surface area (Å²) in [6.07, 6.45) is 0.872. The Morgan fingerprint density at radius 2 is 1.81 bits per heavy atom. The van der Waals surface area contributed by atoms with Crippen LogP contribution < -0.4 is 4.72 Å². The van der Waals surface area contributed by atoms with Crippen molar-refractivity contribution in [1.82, 2.24) is 4.72 Å².